The number of carboxylic acids is 1. The van der Waals surface area contributed by atoms with Gasteiger partial charge >= 0.3 is 5.97 Å². The summed E-state index contributed by atoms with van der Waals surface area (Å²) in [6, 6.07) is 7.75. The molecule has 0 saturated carbocycles. The fourth-order valence-electron chi connectivity index (χ4n) is 1.65. The zero-order chi connectivity index (χ0) is 13.4. The summed E-state index contributed by atoms with van der Waals surface area (Å²) < 4.78 is 0. The minimum atomic E-state index is -0.785. The third kappa shape index (κ3) is 4.72. The maximum atomic E-state index is 10.8. The van der Waals surface area contributed by atoms with Gasteiger partial charge in [0, 0.05) is 6.54 Å². The van der Waals surface area contributed by atoms with E-state index in [0.717, 1.165) is 25.1 Å². The van der Waals surface area contributed by atoms with E-state index in [1.807, 2.05) is 37.3 Å². The second kappa shape index (κ2) is 7.67. The van der Waals surface area contributed by atoms with Crippen molar-refractivity contribution in [2.24, 2.45) is 0 Å². The van der Waals surface area contributed by atoms with Crippen LogP contribution in [0.4, 0.5) is 0 Å². The predicted molar refractivity (Wildman–Crippen MR) is 73.6 cm³/mol. The zero-order valence-corrected chi connectivity index (χ0v) is 11.0. The van der Waals surface area contributed by atoms with Crippen LogP contribution in [0.2, 0.25) is 0 Å². The summed E-state index contributed by atoms with van der Waals surface area (Å²) in [4.78, 5) is 10.8. The molecule has 0 aliphatic heterocycles. The smallest absolute Gasteiger partial charge is 0.310 e. The van der Waals surface area contributed by atoms with Gasteiger partial charge in [0.05, 0.1) is 5.92 Å². The average Bonchev–Trinajstić information content (AvgIpc) is 2.38. The fourth-order valence-corrected chi connectivity index (χ4v) is 1.65. The van der Waals surface area contributed by atoms with Crippen LogP contribution in [-0.4, -0.2) is 17.6 Å². The van der Waals surface area contributed by atoms with Gasteiger partial charge in [0.25, 0.3) is 0 Å². The van der Waals surface area contributed by atoms with Gasteiger partial charge in [-0.1, -0.05) is 36.4 Å². The van der Waals surface area contributed by atoms with E-state index in [1.165, 1.54) is 5.56 Å². The molecule has 0 aliphatic carbocycles. The Hall–Kier alpha value is -1.61. The summed E-state index contributed by atoms with van der Waals surface area (Å²) in [5, 5.41) is 12.3. The van der Waals surface area contributed by atoms with Gasteiger partial charge in [-0.05, 0) is 37.9 Å². The lowest BCUT2D eigenvalue weighted by atomic mass is 10.0. The second-order valence-electron chi connectivity index (χ2n) is 4.34. The first-order chi connectivity index (χ1) is 8.65. The van der Waals surface area contributed by atoms with Crippen molar-refractivity contribution >= 4 is 5.97 Å². The Labute approximate surface area is 109 Å². The van der Waals surface area contributed by atoms with Gasteiger partial charge in [0.2, 0.25) is 0 Å². The maximum absolute atomic E-state index is 10.8. The Kier molecular flexibility index (Phi) is 6.15. The topological polar surface area (TPSA) is 49.3 Å². The molecule has 3 heteroatoms. The molecule has 0 fully saturated rings. The minimum Gasteiger partial charge on any atom is -0.481 e. The third-order valence-electron chi connectivity index (χ3n) is 2.90. The quantitative estimate of drug-likeness (QED) is 0.575. The molecule has 3 nitrogen and oxygen atoms in total. The molecule has 0 radical (unpaired) electrons. The van der Waals surface area contributed by atoms with Crippen LogP contribution in [-0.2, 0) is 11.3 Å². The monoisotopic (exact) mass is 247 g/mol. The number of nitrogens with one attached hydrogen (secondary N) is 1. The molecule has 0 bridgehead atoms. The largest absolute Gasteiger partial charge is 0.481 e. The highest BCUT2D eigenvalue weighted by Crippen LogP contribution is 2.15. The maximum Gasteiger partial charge on any atom is 0.310 e. The zero-order valence-electron chi connectivity index (χ0n) is 11.0. The van der Waals surface area contributed by atoms with E-state index in [4.69, 9.17) is 5.11 Å². The highest BCUT2D eigenvalue weighted by Gasteiger charge is 2.12. The SMILES string of the molecule is C/C=C/CCNCc1ccc(C(C)C(=O)O)cc1. The first-order valence-corrected chi connectivity index (χ1v) is 6.28. The van der Waals surface area contributed by atoms with Crippen molar-refractivity contribution in [1.82, 2.24) is 5.32 Å². The van der Waals surface area contributed by atoms with Crippen LogP contribution in [0.15, 0.2) is 36.4 Å². The summed E-state index contributed by atoms with van der Waals surface area (Å²) in [6.07, 6.45) is 5.21. The molecular formula is C15H21NO2. The highest BCUT2D eigenvalue weighted by molar-refractivity contribution is 5.75. The standard InChI is InChI=1S/C15H21NO2/c1-3-4-5-10-16-11-13-6-8-14(9-7-13)12(2)15(17)18/h3-4,6-9,12,16H,5,10-11H2,1-2H3,(H,17,18)/b4-3+. The number of aliphatic carboxylic acids is 1. The van der Waals surface area contributed by atoms with Crippen molar-refractivity contribution in [3.05, 3.63) is 47.5 Å². The summed E-state index contributed by atoms with van der Waals surface area (Å²) in [6.45, 7) is 5.49. The van der Waals surface area contributed by atoms with Crippen LogP contribution in [0.1, 0.15) is 37.3 Å². The van der Waals surface area contributed by atoms with E-state index in [0.29, 0.717) is 0 Å². The molecule has 98 valence electrons. The second-order valence-corrected chi connectivity index (χ2v) is 4.34. The van der Waals surface area contributed by atoms with Crippen molar-refractivity contribution in [2.45, 2.75) is 32.7 Å². The number of carbonyl (C=O) groups is 1. The molecule has 1 aromatic carbocycles. The molecule has 0 spiro atoms. The van der Waals surface area contributed by atoms with Gasteiger partial charge in [-0.15, -0.1) is 0 Å². The van der Waals surface area contributed by atoms with E-state index in [1.54, 1.807) is 6.92 Å². The van der Waals surface area contributed by atoms with Crippen molar-refractivity contribution in [3.63, 3.8) is 0 Å². The molecule has 1 rings (SSSR count). The van der Waals surface area contributed by atoms with Gasteiger partial charge in [0.1, 0.15) is 0 Å². The number of benzene rings is 1. The third-order valence-corrected chi connectivity index (χ3v) is 2.90. The average molecular weight is 247 g/mol. The molecule has 0 saturated heterocycles. The normalized spacial score (nSPS) is 12.8. The predicted octanol–water partition coefficient (Wildman–Crippen LogP) is 2.93. The summed E-state index contributed by atoms with van der Waals surface area (Å²) in [5.41, 5.74) is 2.02. The number of hydrogen-bond donors (Lipinski definition) is 2. The lowest BCUT2D eigenvalue weighted by Gasteiger charge is -2.08. The molecule has 1 atom stereocenters. The molecule has 0 aromatic heterocycles. The van der Waals surface area contributed by atoms with E-state index in [2.05, 4.69) is 11.4 Å². The van der Waals surface area contributed by atoms with Gasteiger partial charge in [-0.3, -0.25) is 4.79 Å². The van der Waals surface area contributed by atoms with Crippen LogP contribution < -0.4 is 5.32 Å². The van der Waals surface area contributed by atoms with Crippen LogP contribution in [0.3, 0.4) is 0 Å². The fraction of sp³-hybridized carbons (Fsp3) is 0.400. The van der Waals surface area contributed by atoms with E-state index < -0.39 is 11.9 Å². The van der Waals surface area contributed by atoms with Crippen molar-refractivity contribution in [1.29, 1.82) is 0 Å². The summed E-state index contributed by atoms with van der Waals surface area (Å²) in [7, 11) is 0. The number of rotatable bonds is 7. The Morgan fingerprint density at radius 3 is 2.61 bits per heavy atom. The van der Waals surface area contributed by atoms with Gasteiger partial charge in [-0.25, -0.2) is 0 Å². The summed E-state index contributed by atoms with van der Waals surface area (Å²) in [5.74, 6) is -1.23. The molecule has 0 amide bonds. The minimum absolute atomic E-state index is 0.443. The molecular weight excluding hydrogens is 226 g/mol. The van der Waals surface area contributed by atoms with Crippen molar-refractivity contribution in [2.75, 3.05) is 6.54 Å². The van der Waals surface area contributed by atoms with Crippen LogP contribution in [0, 0.1) is 0 Å². The van der Waals surface area contributed by atoms with Crippen LogP contribution in [0.5, 0.6) is 0 Å². The van der Waals surface area contributed by atoms with Gasteiger partial charge in [-0.2, -0.15) is 0 Å². The molecule has 0 aliphatic rings. The van der Waals surface area contributed by atoms with E-state index in [-0.39, 0.29) is 0 Å². The Morgan fingerprint density at radius 1 is 1.39 bits per heavy atom. The molecule has 1 aromatic rings. The first kappa shape index (κ1) is 14.5. The van der Waals surface area contributed by atoms with E-state index >= 15 is 0 Å². The molecule has 2 N–H and O–H groups in total. The van der Waals surface area contributed by atoms with Crippen molar-refractivity contribution < 1.29 is 9.90 Å². The summed E-state index contributed by atoms with van der Waals surface area (Å²) >= 11 is 0. The van der Waals surface area contributed by atoms with Crippen LogP contribution >= 0.6 is 0 Å². The van der Waals surface area contributed by atoms with Gasteiger partial charge < -0.3 is 10.4 Å². The number of allylic oxidation sites excluding steroid dienone is 1. The molecule has 0 heterocycles. The number of hydrogen-bond acceptors (Lipinski definition) is 2. The lowest BCUT2D eigenvalue weighted by Crippen LogP contribution is -2.14. The number of carboxylic acid groups (broad SMARTS) is 1. The highest BCUT2D eigenvalue weighted by atomic mass is 16.4. The molecule has 18 heavy (non-hydrogen) atoms. The van der Waals surface area contributed by atoms with E-state index in [9.17, 15) is 4.79 Å². The Balaban J connectivity index is 2.43. The van der Waals surface area contributed by atoms with Gasteiger partial charge in [0.15, 0.2) is 0 Å². The first-order valence-electron chi connectivity index (χ1n) is 6.28. The molecule has 1 unspecified atom stereocenters. The lowest BCUT2D eigenvalue weighted by molar-refractivity contribution is -0.138. The Bertz CT molecular complexity index is 395. The van der Waals surface area contributed by atoms with Crippen LogP contribution in [0.25, 0.3) is 0 Å². The van der Waals surface area contributed by atoms with Crippen molar-refractivity contribution in [3.8, 4) is 0 Å². The Morgan fingerprint density at radius 2 is 2.06 bits per heavy atom.